The van der Waals surface area contributed by atoms with Gasteiger partial charge < -0.3 is 10.6 Å². The number of nitrogens with zero attached hydrogens (tertiary/aromatic N) is 1. The normalized spacial score (nSPS) is 11.4. The second kappa shape index (κ2) is 8.36. The smallest absolute Gasteiger partial charge is 0.293 e. The lowest BCUT2D eigenvalue weighted by Gasteiger charge is -2.09. The zero-order valence-corrected chi connectivity index (χ0v) is 17.5. The molecule has 2 aromatic carbocycles. The number of rotatable bonds is 7. The maximum atomic E-state index is 12.4. The Morgan fingerprint density at radius 1 is 1.21 bits per heavy atom. The molecule has 8 nitrogen and oxygen atoms in total. The summed E-state index contributed by atoms with van der Waals surface area (Å²) in [6.45, 7) is 0.391. The fraction of sp³-hybridized carbons (Fsp3) is 0.167. The van der Waals surface area contributed by atoms with E-state index in [0.29, 0.717) is 9.90 Å². The minimum absolute atomic E-state index is 0.137. The monoisotopic (exact) mass is 453 g/mol. The molecule has 3 rings (SSSR count). The van der Waals surface area contributed by atoms with Crippen LogP contribution in [-0.2, 0) is 9.84 Å². The number of hydrogen-bond donors (Lipinski definition) is 2. The van der Waals surface area contributed by atoms with Crippen molar-refractivity contribution in [3.8, 4) is 0 Å². The lowest BCUT2D eigenvalue weighted by atomic mass is 10.2. The van der Waals surface area contributed by atoms with Gasteiger partial charge in [-0.2, -0.15) is 0 Å². The number of thiophene rings is 1. The van der Waals surface area contributed by atoms with Crippen LogP contribution in [0.15, 0.2) is 47.4 Å². The van der Waals surface area contributed by atoms with E-state index in [1.54, 1.807) is 0 Å². The summed E-state index contributed by atoms with van der Waals surface area (Å²) < 4.78 is 24.1. The maximum absolute atomic E-state index is 12.4. The number of nitro groups is 1. The van der Waals surface area contributed by atoms with Gasteiger partial charge in [0.2, 0.25) is 0 Å². The highest BCUT2D eigenvalue weighted by molar-refractivity contribution is 7.90. The van der Waals surface area contributed by atoms with E-state index in [0.717, 1.165) is 22.4 Å². The van der Waals surface area contributed by atoms with Crippen LogP contribution >= 0.6 is 22.9 Å². The zero-order valence-electron chi connectivity index (χ0n) is 15.1. The topological polar surface area (TPSA) is 118 Å². The van der Waals surface area contributed by atoms with Gasteiger partial charge in [0.15, 0.2) is 9.84 Å². The van der Waals surface area contributed by atoms with Gasteiger partial charge in [0.1, 0.15) is 10.6 Å². The molecule has 0 aliphatic rings. The molecule has 0 aliphatic heterocycles. The Kier molecular flexibility index (Phi) is 6.06. The van der Waals surface area contributed by atoms with Crippen LogP contribution in [-0.4, -0.2) is 38.6 Å². The highest BCUT2D eigenvalue weighted by Crippen LogP contribution is 2.35. The van der Waals surface area contributed by atoms with Gasteiger partial charge in [0.25, 0.3) is 11.6 Å². The summed E-state index contributed by atoms with van der Waals surface area (Å²) in [6, 6.07) is 11.1. The van der Waals surface area contributed by atoms with Crippen LogP contribution < -0.4 is 10.6 Å². The number of halogens is 1. The van der Waals surface area contributed by atoms with Crippen molar-refractivity contribution >= 4 is 60.1 Å². The quantitative estimate of drug-likeness (QED) is 0.320. The van der Waals surface area contributed by atoms with E-state index in [1.807, 2.05) is 24.3 Å². The van der Waals surface area contributed by atoms with Crippen LogP contribution in [0.3, 0.4) is 0 Å². The third-order valence-corrected chi connectivity index (χ3v) is 6.85. The predicted molar refractivity (Wildman–Crippen MR) is 114 cm³/mol. The third kappa shape index (κ3) is 4.66. The zero-order chi connectivity index (χ0) is 21.2. The summed E-state index contributed by atoms with van der Waals surface area (Å²) in [6.07, 6.45) is 0.980. The SMILES string of the molecule is CS(=O)(=O)c1ccc(NCCNC(=O)c2sc3ccccc3c2Cl)c([N+](=O)[O-])c1. The molecule has 2 N–H and O–H groups in total. The number of benzene rings is 2. The van der Waals surface area contributed by atoms with Gasteiger partial charge in [0, 0.05) is 35.5 Å². The number of carbonyl (C=O) groups excluding carboxylic acids is 1. The Balaban J connectivity index is 1.65. The lowest BCUT2D eigenvalue weighted by Crippen LogP contribution is -2.28. The average Bonchev–Trinajstić information content (AvgIpc) is 3.01. The fourth-order valence-corrected chi connectivity index (χ4v) is 4.73. The highest BCUT2D eigenvalue weighted by Gasteiger charge is 2.19. The molecule has 0 saturated carbocycles. The van der Waals surface area contributed by atoms with Gasteiger partial charge >= 0.3 is 0 Å². The number of anilines is 1. The molecule has 0 spiro atoms. The first-order valence-corrected chi connectivity index (χ1v) is 11.4. The van der Waals surface area contributed by atoms with Gasteiger partial charge in [-0.15, -0.1) is 11.3 Å². The lowest BCUT2D eigenvalue weighted by molar-refractivity contribution is -0.384. The van der Waals surface area contributed by atoms with Crippen LogP contribution in [0, 0.1) is 10.1 Å². The summed E-state index contributed by atoms with van der Waals surface area (Å²) in [7, 11) is -3.56. The highest BCUT2D eigenvalue weighted by atomic mass is 35.5. The molecule has 1 heterocycles. The summed E-state index contributed by atoms with van der Waals surface area (Å²) in [4.78, 5) is 23.2. The van der Waals surface area contributed by atoms with Crippen LogP contribution in [0.4, 0.5) is 11.4 Å². The van der Waals surface area contributed by atoms with E-state index in [4.69, 9.17) is 11.6 Å². The molecule has 0 bridgehead atoms. The Morgan fingerprint density at radius 3 is 2.59 bits per heavy atom. The molecule has 1 aromatic heterocycles. The Morgan fingerprint density at radius 2 is 1.93 bits per heavy atom. The largest absolute Gasteiger partial charge is 0.378 e. The number of carbonyl (C=O) groups is 1. The second-order valence-corrected chi connectivity index (χ2v) is 9.58. The first kappa shape index (κ1) is 21.0. The summed E-state index contributed by atoms with van der Waals surface area (Å²) in [5.74, 6) is -0.333. The molecule has 0 unspecified atom stereocenters. The molecular formula is C18H16ClN3O5S2. The van der Waals surface area contributed by atoms with Crippen LogP contribution in [0.1, 0.15) is 9.67 Å². The van der Waals surface area contributed by atoms with E-state index in [1.165, 1.54) is 23.5 Å². The Hall–Kier alpha value is -2.69. The van der Waals surface area contributed by atoms with Crippen LogP contribution in [0.2, 0.25) is 5.02 Å². The minimum atomic E-state index is -3.56. The van der Waals surface area contributed by atoms with Crippen molar-refractivity contribution in [2.75, 3.05) is 24.7 Å². The fourth-order valence-electron chi connectivity index (χ4n) is 2.66. The molecule has 0 atom stereocenters. The molecular weight excluding hydrogens is 438 g/mol. The third-order valence-electron chi connectivity index (χ3n) is 4.06. The van der Waals surface area contributed by atoms with Crippen molar-refractivity contribution in [1.82, 2.24) is 5.32 Å². The number of nitrogens with one attached hydrogen (secondary N) is 2. The van der Waals surface area contributed by atoms with Crippen molar-refractivity contribution in [2.24, 2.45) is 0 Å². The second-order valence-electron chi connectivity index (χ2n) is 6.13. The van der Waals surface area contributed by atoms with Gasteiger partial charge in [0.05, 0.1) is 14.8 Å². The standard InChI is InChI=1S/C18H16ClN3O5S2/c1-29(26,27)11-6-7-13(14(10-11)22(24)25)20-8-9-21-18(23)17-16(19)12-4-2-3-5-15(12)28-17/h2-7,10,20H,8-9H2,1H3,(H,21,23). The first-order valence-electron chi connectivity index (χ1n) is 8.36. The molecule has 0 aliphatic carbocycles. The molecule has 1 amide bonds. The van der Waals surface area contributed by atoms with Gasteiger partial charge in [-0.05, 0) is 18.2 Å². The summed E-state index contributed by atoms with van der Waals surface area (Å²) in [5.41, 5.74) is -0.191. The van der Waals surface area contributed by atoms with Crippen molar-refractivity contribution in [1.29, 1.82) is 0 Å². The van der Waals surface area contributed by atoms with Crippen molar-refractivity contribution in [3.05, 3.63) is 62.5 Å². The average molecular weight is 454 g/mol. The number of amides is 1. The van der Waals surface area contributed by atoms with Gasteiger partial charge in [-0.1, -0.05) is 29.8 Å². The molecule has 3 aromatic rings. The van der Waals surface area contributed by atoms with Crippen molar-refractivity contribution in [2.45, 2.75) is 4.90 Å². The van der Waals surface area contributed by atoms with E-state index in [2.05, 4.69) is 10.6 Å². The van der Waals surface area contributed by atoms with Gasteiger partial charge in [-0.3, -0.25) is 14.9 Å². The van der Waals surface area contributed by atoms with Crippen molar-refractivity contribution in [3.63, 3.8) is 0 Å². The summed E-state index contributed by atoms with van der Waals surface area (Å²) in [5, 5.41) is 18.0. The Bertz CT molecular complexity index is 1210. The molecule has 0 radical (unpaired) electrons. The predicted octanol–water partition coefficient (Wildman–Crippen LogP) is 3.71. The first-order chi connectivity index (χ1) is 13.7. The summed E-state index contributed by atoms with van der Waals surface area (Å²) >= 11 is 7.56. The number of fused-ring (bicyclic) bond motifs is 1. The molecule has 0 saturated heterocycles. The molecule has 0 fully saturated rings. The van der Waals surface area contributed by atoms with E-state index in [9.17, 15) is 23.3 Å². The molecule has 29 heavy (non-hydrogen) atoms. The van der Waals surface area contributed by atoms with E-state index in [-0.39, 0.29) is 35.3 Å². The van der Waals surface area contributed by atoms with Gasteiger partial charge in [-0.25, -0.2) is 8.42 Å². The Labute approximate surface area is 175 Å². The molecule has 11 heteroatoms. The van der Waals surface area contributed by atoms with Crippen LogP contribution in [0.5, 0.6) is 0 Å². The van der Waals surface area contributed by atoms with E-state index < -0.39 is 14.8 Å². The minimum Gasteiger partial charge on any atom is -0.378 e. The van der Waals surface area contributed by atoms with E-state index >= 15 is 0 Å². The number of sulfone groups is 1. The molecule has 152 valence electrons. The maximum Gasteiger partial charge on any atom is 0.293 e. The van der Waals surface area contributed by atoms with Crippen molar-refractivity contribution < 1.29 is 18.1 Å². The number of hydrogen-bond acceptors (Lipinski definition) is 7. The number of nitro benzene ring substituents is 1. The van der Waals surface area contributed by atoms with Crippen LogP contribution in [0.25, 0.3) is 10.1 Å².